The molecule has 10 nitrogen and oxygen atoms in total. The molecule has 0 spiro atoms. The van der Waals surface area contributed by atoms with Crippen LogP contribution in [0.5, 0.6) is 5.75 Å². The molecular formula is C9H9N7O3. The number of hydrogen-bond donors (Lipinski definition) is 1. The topological polar surface area (TPSA) is 134 Å². The number of rotatable bonds is 4. The Hall–Kier alpha value is -3.04. The van der Waals surface area contributed by atoms with E-state index in [9.17, 15) is 10.1 Å². The molecule has 10 heteroatoms. The van der Waals surface area contributed by atoms with E-state index in [4.69, 9.17) is 10.5 Å². The van der Waals surface area contributed by atoms with Gasteiger partial charge in [-0.3, -0.25) is 10.1 Å². The zero-order valence-corrected chi connectivity index (χ0v) is 9.79. The number of nitro benzene ring substituents is 1. The molecule has 1 aromatic carbocycles. The highest BCUT2D eigenvalue weighted by Crippen LogP contribution is 2.22. The normalized spacial score (nSPS) is 10.8. The van der Waals surface area contributed by atoms with E-state index in [2.05, 4.69) is 20.6 Å². The maximum atomic E-state index is 10.7. The highest BCUT2D eigenvalue weighted by atomic mass is 16.6. The first-order valence-electron chi connectivity index (χ1n) is 5.02. The summed E-state index contributed by atoms with van der Waals surface area (Å²) in [6.07, 6.45) is 1.32. The number of nitrogen functional groups attached to an aromatic ring is 1. The molecule has 0 aliphatic rings. The molecule has 0 radical (unpaired) electrons. The van der Waals surface area contributed by atoms with Crippen LogP contribution in [0.1, 0.15) is 5.56 Å². The maximum absolute atomic E-state index is 10.7. The van der Waals surface area contributed by atoms with Gasteiger partial charge in [0.1, 0.15) is 5.75 Å². The summed E-state index contributed by atoms with van der Waals surface area (Å²) in [5.74, 6) is 0.432. The molecule has 0 saturated carbocycles. The predicted molar refractivity (Wildman–Crippen MR) is 64.9 cm³/mol. The van der Waals surface area contributed by atoms with Crippen molar-refractivity contribution in [3.05, 3.63) is 33.9 Å². The second-order valence-corrected chi connectivity index (χ2v) is 3.35. The van der Waals surface area contributed by atoms with E-state index in [1.54, 1.807) is 0 Å². The first-order chi connectivity index (χ1) is 9.11. The minimum atomic E-state index is -0.512. The smallest absolute Gasteiger partial charge is 0.270 e. The van der Waals surface area contributed by atoms with Gasteiger partial charge in [-0.2, -0.15) is 5.10 Å². The molecule has 0 unspecified atom stereocenters. The zero-order chi connectivity index (χ0) is 13.8. The lowest BCUT2D eigenvalue weighted by atomic mass is 10.2. The Labute approximate surface area is 106 Å². The van der Waals surface area contributed by atoms with Gasteiger partial charge < -0.3 is 10.5 Å². The standard InChI is InChI=1S/C9H9N7O3/c1-19-8-3-2-7(16(17)18)4-6(8)5-11-15-9(10)12-13-14-15/h2-5H,1H3,(H2,10,12,14)/b11-5+. The van der Waals surface area contributed by atoms with Crippen LogP contribution >= 0.6 is 0 Å². The van der Waals surface area contributed by atoms with Crippen LogP contribution in [0.2, 0.25) is 0 Å². The number of non-ortho nitro benzene ring substituents is 1. The summed E-state index contributed by atoms with van der Waals surface area (Å²) in [5, 5.41) is 24.8. The molecule has 2 rings (SSSR count). The molecule has 0 saturated heterocycles. The number of aromatic nitrogens is 4. The molecule has 0 fully saturated rings. The molecule has 98 valence electrons. The van der Waals surface area contributed by atoms with E-state index in [1.807, 2.05) is 0 Å². The van der Waals surface area contributed by atoms with Crippen LogP contribution in [0.25, 0.3) is 0 Å². The summed E-state index contributed by atoms with van der Waals surface area (Å²) >= 11 is 0. The van der Waals surface area contributed by atoms with Crippen molar-refractivity contribution in [2.24, 2.45) is 5.10 Å². The lowest BCUT2D eigenvalue weighted by Crippen LogP contribution is -2.01. The van der Waals surface area contributed by atoms with Crippen molar-refractivity contribution in [1.29, 1.82) is 0 Å². The highest BCUT2D eigenvalue weighted by Gasteiger charge is 2.10. The number of tetrazole rings is 1. The third-order valence-electron chi connectivity index (χ3n) is 2.21. The first-order valence-corrected chi connectivity index (χ1v) is 5.02. The third-order valence-corrected chi connectivity index (χ3v) is 2.21. The average molecular weight is 263 g/mol. The molecule has 0 atom stereocenters. The zero-order valence-electron chi connectivity index (χ0n) is 9.79. The molecule has 19 heavy (non-hydrogen) atoms. The fraction of sp³-hybridized carbons (Fsp3) is 0.111. The number of nitrogens with two attached hydrogens (primary N) is 1. The fourth-order valence-corrected chi connectivity index (χ4v) is 1.32. The van der Waals surface area contributed by atoms with E-state index in [0.29, 0.717) is 11.3 Å². The number of nitrogens with zero attached hydrogens (tertiary/aromatic N) is 6. The van der Waals surface area contributed by atoms with Gasteiger partial charge in [0, 0.05) is 17.7 Å². The monoisotopic (exact) mass is 263 g/mol. The summed E-state index contributed by atoms with van der Waals surface area (Å²) in [4.78, 5) is 11.2. The highest BCUT2D eigenvalue weighted by molar-refractivity contribution is 5.84. The fourth-order valence-electron chi connectivity index (χ4n) is 1.32. The van der Waals surface area contributed by atoms with Crippen molar-refractivity contribution in [3.8, 4) is 5.75 Å². The van der Waals surface area contributed by atoms with Crippen molar-refractivity contribution in [1.82, 2.24) is 20.3 Å². The van der Waals surface area contributed by atoms with E-state index >= 15 is 0 Å². The summed E-state index contributed by atoms with van der Waals surface area (Å²) in [5.41, 5.74) is 5.76. The van der Waals surface area contributed by atoms with Crippen molar-refractivity contribution in [2.45, 2.75) is 0 Å². The van der Waals surface area contributed by atoms with E-state index in [1.165, 1.54) is 31.5 Å². The van der Waals surface area contributed by atoms with Crippen LogP contribution in [0.3, 0.4) is 0 Å². The third kappa shape index (κ3) is 2.62. The number of nitro groups is 1. The number of benzene rings is 1. The van der Waals surface area contributed by atoms with Crippen molar-refractivity contribution in [3.63, 3.8) is 0 Å². The van der Waals surface area contributed by atoms with Crippen LogP contribution in [0, 0.1) is 10.1 Å². The molecule has 2 N–H and O–H groups in total. The molecule has 2 aromatic rings. The van der Waals surface area contributed by atoms with Crippen LogP contribution in [-0.2, 0) is 0 Å². The van der Waals surface area contributed by atoms with Crippen LogP contribution in [0.15, 0.2) is 23.3 Å². The Balaban J connectivity index is 2.37. The summed E-state index contributed by atoms with van der Waals surface area (Å²) in [6.45, 7) is 0. The van der Waals surface area contributed by atoms with E-state index in [0.717, 1.165) is 4.79 Å². The Kier molecular flexibility index (Phi) is 3.32. The van der Waals surface area contributed by atoms with Gasteiger partial charge in [-0.25, -0.2) is 0 Å². The number of hydrogen-bond acceptors (Lipinski definition) is 8. The van der Waals surface area contributed by atoms with Crippen LogP contribution in [0.4, 0.5) is 11.6 Å². The summed E-state index contributed by atoms with van der Waals surface area (Å²) < 4.78 is 5.07. The number of anilines is 1. The molecule has 0 aliphatic heterocycles. The maximum Gasteiger partial charge on any atom is 0.270 e. The van der Waals surface area contributed by atoms with Gasteiger partial charge in [-0.15, -0.1) is 0 Å². The first kappa shape index (κ1) is 12.4. The van der Waals surface area contributed by atoms with Gasteiger partial charge in [-0.1, -0.05) is 9.89 Å². The minimum Gasteiger partial charge on any atom is -0.496 e. The van der Waals surface area contributed by atoms with E-state index < -0.39 is 4.92 Å². The van der Waals surface area contributed by atoms with Gasteiger partial charge in [0.15, 0.2) is 0 Å². The number of ether oxygens (including phenoxy) is 1. The predicted octanol–water partition coefficient (Wildman–Crippen LogP) is 0.0543. The van der Waals surface area contributed by atoms with Gasteiger partial charge in [0.25, 0.3) is 11.6 Å². The van der Waals surface area contributed by atoms with Crippen LogP contribution in [-0.4, -0.2) is 38.6 Å². The van der Waals surface area contributed by atoms with Gasteiger partial charge in [-0.05, 0) is 16.5 Å². The Morgan fingerprint density at radius 2 is 2.37 bits per heavy atom. The Bertz CT molecular complexity index is 636. The largest absolute Gasteiger partial charge is 0.496 e. The Morgan fingerprint density at radius 1 is 1.58 bits per heavy atom. The lowest BCUT2D eigenvalue weighted by Gasteiger charge is -2.03. The van der Waals surface area contributed by atoms with Crippen LogP contribution < -0.4 is 10.5 Å². The van der Waals surface area contributed by atoms with Crippen molar-refractivity contribution < 1.29 is 9.66 Å². The SMILES string of the molecule is COc1ccc([N+](=O)[O-])cc1/C=N/n1nnnc1N. The quantitative estimate of drug-likeness (QED) is 0.467. The molecule has 1 heterocycles. The molecule has 1 aromatic heterocycles. The minimum absolute atomic E-state index is 0.000600. The second kappa shape index (κ2) is 5.08. The van der Waals surface area contributed by atoms with Gasteiger partial charge in [0.2, 0.25) is 0 Å². The summed E-state index contributed by atoms with van der Waals surface area (Å²) in [6, 6.07) is 4.13. The molecular weight excluding hydrogens is 254 g/mol. The van der Waals surface area contributed by atoms with Crippen molar-refractivity contribution in [2.75, 3.05) is 12.8 Å². The van der Waals surface area contributed by atoms with E-state index in [-0.39, 0.29) is 11.6 Å². The average Bonchev–Trinajstić information content (AvgIpc) is 2.81. The van der Waals surface area contributed by atoms with Gasteiger partial charge in [0.05, 0.1) is 18.2 Å². The molecule has 0 amide bonds. The second-order valence-electron chi connectivity index (χ2n) is 3.35. The number of methoxy groups -OCH3 is 1. The lowest BCUT2D eigenvalue weighted by molar-refractivity contribution is -0.384. The van der Waals surface area contributed by atoms with Gasteiger partial charge >= 0.3 is 0 Å². The summed E-state index contributed by atoms with van der Waals surface area (Å²) in [7, 11) is 1.45. The van der Waals surface area contributed by atoms with Crippen molar-refractivity contribution >= 4 is 17.9 Å². The molecule has 0 aliphatic carbocycles. The molecule has 0 bridgehead atoms. The Morgan fingerprint density at radius 3 is 2.95 bits per heavy atom.